The van der Waals surface area contributed by atoms with Crippen LogP contribution in [0.15, 0.2) is 0 Å². The summed E-state index contributed by atoms with van der Waals surface area (Å²) in [7, 11) is 3.38. The van der Waals surface area contributed by atoms with Crippen molar-refractivity contribution in [3.8, 4) is 0 Å². The number of carbonyl (C=O) groups is 1. The molecule has 0 aromatic rings. The molecule has 0 aliphatic carbocycles. The van der Waals surface area contributed by atoms with Gasteiger partial charge in [0.15, 0.2) is 0 Å². The van der Waals surface area contributed by atoms with Gasteiger partial charge in [-0.1, -0.05) is 27.7 Å². The van der Waals surface area contributed by atoms with Gasteiger partial charge in [-0.25, -0.2) is 0 Å². The van der Waals surface area contributed by atoms with E-state index in [1.807, 2.05) is 27.7 Å². The van der Waals surface area contributed by atoms with E-state index >= 15 is 0 Å². The van der Waals surface area contributed by atoms with Gasteiger partial charge in [-0.3, -0.25) is 4.79 Å². The molecule has 1 rings (SSSR count). The zero-order valence-electron chi connectivity index (χ0n) is 15.6. The van der Waals surface area contributed by atoms with Gasteiger partial charge >= 0.3 is 0 Å². The molecule has 1 aliphatic heterocycles. The lowest BCUT2D eigenvalue weighted by Gasteiger charge is -2.31. The topological polar surface area (TPSA) is 50.8 Å². The van der Waals surface area contributed by atoms with E-state index in [1.54, 1.807) is 14.2 Å². The molecule has 0 spiro atoms. The Balaban J connectivity index is 0. The maximum absolute atomic E-state index is 11.3. The van der Waals surface area contributed by atoms with Crippen LogP contribution in [-0.4, -0.2) is 64.4 Å². The second kappa shape index (κ2) is 18.4. The van der Waals surface area contributed by atoms with Gasteiger partial charge in [0.05, 0.1) is 19.8 Å². The SMILES string of the molecule is CC.CC.CNC(=O)CC1CCN(CCOCCOC)CC1. The van der Waals surface area contributed by atoms with Gasteiger partial charge in [0, 0.05) is 27.1 Å². The number of methoxy groups -OCH3 is 1. The number of hydrogen-bond donors (Lipinski definition) is 1. The molecule has 22 heavy (non-hydrogen) atoms. The Labute approximate surface area is 137 Å². The number of nitrogens with zero attached hydrogens (tertiary/aromatic N) is 1. The Kier molecular flexibility index (Phi) is 19.7. The maximum Gasteiger partial charge on any atom is 0.220 e. The summed E-state index contributed by atoms with van der Waals surface area (Å²) in [4.78, 5) is 13.7. The molecule has 1 saturated heterocycles. The van der Waals surface area contributed by atoms with Crippen molar-refractivity contribution in [1.82, 2.24) is 10.2 Å². The fraction of sp³-hybridized carbons (Fsp3) is 0.941. The first-order valence-electron chi connectivity index (χ1n) is 8.76. The Morgan fingerprint density at radius 2 is 1.68 bits per heavy atom. The van der Waals surface area contributed by atoms with Crippen LogP contribution in [0.25, 0.3) is 0 Å². The van der Waals surface area contributed by atoms with Gasteiger partial charge in [0.2, 0.25) is 5.91 Å². The molecule has 0 radical (unpaired) electrons. The van der Waals surface area contributed by atoms with Gasteiger partial charge in [0.1, 0.15) is 0 Å². The molecule has 0 unspecified atom stereocenters. The third-order valence-corrected chi connectivity index (χ3v) is 3.44. The van der Waals surface area contributed by atoms with E-state index in [2.05, 4.69) is 10.2 Å². The summed E-state index contributed by atoms with van der Waals surface area (Å²) >= 11 is 0. The van der Waals surface area contributed by atoms with Crippen molar-refractivity contribution in [3.05, 3.63) is 0 Å². The van der Waals surface area contributed by atoms with E-state index in [9.17, 15) is 4.79 Å². The normalized spacial score (nSPS) is 15.2. The zero-order chi connectivity index (χ0) is 17.2. The van der Waals surface area contributed by atoms with Crippen LogP contribution in [0.3, 0.4) is 0 Å². The van der Waals surface area contributed by atoms with E-state index in [0.29, 0.717) is 25.6 Å². The second-order valence-electron chi connectivity index (χ2n) is 4.77. The first-order chi connectivity index (χ1) is 10.8. The Morgan fingerprint density at radius 3 is 2.18 bits per heavy atom. The quantitative estimate of drug-likeness (QED) is 0.699. The van der Waals surface area contributed by atoms with Gasteiger partial charge in [0.25, 0.3) is 0 Å². The number of ether oxygens (including phenoxy) is 2. The number of rotatable bonds is 8. The molecule has 1 aliphatic rings. The van der Waals surface area contributed by atoms with Gasteiger partial charge in [-0.2, -0.15) is 0 Å². The first-order valence-corrected chi connectivity index (χ1v) is 8.76. The predicted molar refractivity (Wildman–Crippen MR) is 93.2 cm³/mol. The highest BCUT2D eigenvalue weighted by atomic mass is 16.5. The van der Waals surface area contributed by atoms with E-state index < -0.39 is 0 Å². The summed E-state index contributed by atoms with van der Waals surface area (Å²) in [5.41, 5.74) is 0. The number of amides is 1. The standard InChI is InChI=1S/C13H26N2O3.2C2H6/c1-14-13(16)11-12-3-5-15(6-4-12)7-8-18-10-9-17-2;2*1-2/h12H,3-11H2,1-2H3,(H,14,16);2*1-2H3. The molecule has 1 amide bonds. The average molecular weight is 319 g/mol. The summed E-state index contributed by atoms with van der Waals surface area (Å²) in [5.74, 6) is 0.715. The van der Waals surface area contributed by atoms with E-state index in [0.717, 1.165) is 39.1 Å². The fourth-order valence-corrected chi connectivity index (χ4v) is 2.22. The minimum atomic E-state index is 0.163. The molecular weight excluding hydrogens is 280 g/mol. The third kappa shape index (κ3) is 13.0. The molecule has 0 saturated carbocycles. The van der Waals surface area contributed by atoms with Crippen molar-refractivity contribution in [2.24, 2.45) is 5.92 Å². The minimum Gasteiger partial charge on any atom is -0.382 e. The lowest BCUT2D eigenvalue weighted by atomic mass is 9.93. The largest absolute Gasteiger partial charge is 0.382 e. The summed E-state index contributed by atoms with van der Waals surface area (Å²) in [5, 5.41) is 2.69. The average Bonchev–Trinajstić information content (AvgIpc) is 2.59. The van der Waals surface area contributed by atoms with Crippen molar-refractivity contribution in [3.63, 3.8) is 0 Å². The molecule has 5 nitrogen and oxygen atoms in total. The molecule has 1 fully saturated rings. The van der Waals surface area contributed by atoms with Crippen molar-refractivity contribution < 1.29 is 14.3 Å². The van der Waals surface area contributed by atoms with Crippen LogP contribution in [0.4, 0.5) is 0 Å². The predicted octanol–water partition coefficient (Wildman–Crippen LogP) is 2.55. The fourth-order valence-electron chi connectivity index (χ4n) is 2.22. The summed E-state index contributed by atoms with van der Waals surface area (Å²) in [6.45, 7) is 13.2. The highest BCUT2D eigenvalue weighted by Gasteiger charge is 2.20. The molecular formula is C17H38N2O3. The van der Waals surface area contributed by atoms with Gasteiger partial charge in [-0.15, -0.1) is 0 Å². The van der Waals surface area contributed by atoms with Crippen molar-refractivity contribution >= 4 is 5.91 Å². The number of likely N-dealkylation sites (tertiary alicyclic amines) is 1. The van der Waals surface area contributed by atoms with Gasteiger partial charge < -0.3 is 19.7 Å². The summed E-state index contributed by atoms with van der Waals surface area (Å²) in [6, 6.07) is 0. The lowest BCUT2D eigenvalue weighted by molar-refractivity contribution is -0.121. The summed E-state index contributed by atoms with van der Waals surface area (Å²) < 4.78 is 10.4. The van der Waals surface area contributed by atoms with Gasteiger partial charge in [-0.05, 0) is 31.8 Å². The summed E-state index contributed by atoms with van der Waals surface area (Å²) in [6.07, 6.45) is 2.91. The monoisotopic (exact) mass is 318 g/mol. The smallest absolute Gasteiger partial charge is 0.220 e. The zero-order valence-corrected chi connectivity index (χ0v) is 15.6. The molecule has 1 heterocycles. The van der Waals surface area contributed by atoms with Crippen LogP contribution in [-0.2, 0) is 14.3 Å². The molecule has 5 heteroatoms. The van der Waals surface area contributed by atoms with E-state index in [-0.39, 0.29) is 5.91 Å². The van der Waals surface area contributed by atoms with Crippen molar-refractivity contribution in [2.75, 3.05) is 53.6 Å². The molecule has 0 bridgehead atoms. The van der Waals surface area contributed by atoms with Crippen LogP contribution in [0.1, 0.15) is 47.0 Å². The molecule has 0 atom stereocenters. The lowest BCUT2D eigenvalue weighted by Crippen LogP contribution is -2.37. The highest BCUT2D eigenvalue weighted by Crippen LogP contribution is 2.19. The molecule has 1 N–H and O–H groups in total. The van der Waals surface area contributed by atoms with Crippen LogP contribution in [0.2, 0.25) is 0 Å². The van der Waals surface area contributed by atoms with Crippen LogP contribution in [0.5, 0.6) is 0 Å². The molecule has 0 aromatic heterocycles. The second-order valence-corrected chi connectivity index (χ2v) is 4.77. The number of hydrogen-bond acceptors (Lipinski definition) is 4. The number of carbonyl (C=O) groups excluding carboxylic acids is 1. The van der Waals surface area contributed by atoms with E-state index in [1.165, 1.54) is 0 Å². The third-order valence-electron chi connectivity index (χ3n) is 3.44. The van der Waals surface area contributed by atoms with Crippen molar-refractivity contribution in [2.45, 2.75) is 47.0 Å². The Hall–Kier alpha value is -0.650. The molecule has 0 aromatic carbocycles. The Bertz CT molecular complexity index is 230. The minimum absolute atomic E-state index is 0.163. The number of nitrogens with one attached hydrogen (secondary N) is 1. The van der Waals surface area contributed by atoms with Crippen LogP contribution < -0.4 is 5.32 Å². The van der Waals surface area contributed by atoms with E-state index in [4.69, 9.17) is 9.47 Å². The highest BCUT2D eigenvalue weighted by molar-refractivity contribution is 5.75. The number of piperidine rings is 1. The van der Waals surface area contributed by atoms with Crippen LogP contribution >= 0.6 is 0 Å². The van der Waals surface area contributed by atoms with Crippen LogP contribution in [0, 0.1) is 5.92 Å². The molecule has 134 valence electrons. The van der Waals surface area contributed by atoms with Crippen molar-refractivity contribution in [1.29, 1.82) is 0 Å². The maximum atomic E-state index is 11.3. The Morgan fingerprint density at radius 1 is 1.09 bits per heavy atom. The first kappa shape index (κ1) is 23.6.